The zero-order valence-electron chi connectivity index (χ0n) is 8.57. The first kappa shape index (κ1) is 10.7. The van der Waals surface area contributed by atoms with E-state index in [9.17, 15) is 4.79 Å². The summed E-state index contributed by atoms with van der Waals surface area (Å²) in [6.07, 6.45) is -0.866. The third-order valence-electron chi connectivity index (χ3n) is 2.29. The summed E-state index contributed by atoms with van der Waals surface area (Å²) in [5.74, 6) is -0.962. The summed E-state index contributed by atoms with van der Waals surface area (Å²) in [6.45, 7) is 3.94. The standard InChI is InChI=1S/C11H14O3/c1-7-4-5-9(6-8(7)2)10(14-3)11(12)13/h4-6,10H,1-3H3,(H,12,13). The second-order valence-corrected chi connectivity index (χ2v) is 3.30. The summed E-state index contributed by atoms with van der Waals surface area (Å²) in [5, 5.41) is 8.86. The molecule has 1 atom stereocenters. The number of ether oxygens (including phenoxy) is 1. The number of carboxylic acid groups (broad SMARTS) is 1. The fourth-order valence-electron chi connectivity index (χ4n) is 1.31. The lowest BCUT2D eigenvalue weighted by Gasteiger charge is -2.12. The van der Waals surface area contributed by atoms with E-state index in [0.29, 0.717) is 5.56 Å². The van der Waals surface area contributed by atoms with Gasteiger partial charge in [0.1, 0.15) is 0 Å². The van der Waals surface area contributed by atoms with Crippen LogP contribution in [0.15, 0.2) is 18.2 Å². The Bertz CT molecular complexity index is 344. The van der Waals surface area contributed by atoms with E-state index in [1.165, 1.54) is 7.11 Å². The minimum absolute atomic E-state index is 0.683. The SMILES string of the molecule is COC(C(=O)O)c1ccc(C)c(C)c1. The first-order chi connectivity index (χ1) is 6.56. The van der Waals surface area contributed by atoms with E-state index in [0.717, 1.165) is 11.1 Å². The average Bonchev–Trinajstić information content (AvgIpc) is 2.11. The number of carboxylic acids is 1. The number of benzene rings is 1. The van der Waals surface area contributed by atoms with Crippen LogP contribution in [0.5, 0.6) is 0 Å². The van der Waals surface area contributed by atoms with Crippen molar-refractivity contribution in [3.63, 3.8) is 0 Å². The molecular weight excluding hydrogens is 180 g/mol. The number of hydrogen-bond acceptors (Lipinski definition) is 2. The summed E-state index contributed by atoms with van der Waals surface area (Å²) < 4.78 is 4.89. The quantitative estimate of drug-likeness (QED) is 0.801. The van der Waals surface area contributed by atoms with Gasteiger partial charge in [-0.05, 0) is 30.5 Å². The minimum atomic E-state index is -0.962. The van der Waals surface area contributed by atoms with Crippen molar-refractivity contribution >= 4 is 5.97 Å². The fourth-order valence-corrected chi connectivity index (χ4v) is 1.31. The van der Waals surface area contributed by atoms with E-state index in [-0.39, 0.29) is 0 Å². The van der Waals surface area contributed by atoms with Crippen molar-refractivity contribution in [2.45, 2.75) is 20.0 Å². The topological polar surface area (TPSA) is 46.5 Å². The number of aryl methyl sites for hydroxylation is 2. The van der Waals surface area contributed by atoms with Crippen molar-refractivity contribution in [2.24, 2.45) is 0 Å². The van der Waals surface area contributed by atoms with Gasteiger partial charge in [0.05, 0.1) is 0 Å². The van der Waals surface area contributed by atoms with E-state index in [1.54, 1.807) is 6.07 Å². The Morgan fingerprint density at radius 2 is 2.00 bits per heavy atom. The molecule has 0 saturated heterocycles. The molecule has 1 unspecified atom stereocenters. The maximum atomic E-state index is 10.8. The van der Waals surface area contributed by atoms with Gasteiger partial charge in [-0.2, -0.15) is 0 Å². The Morgan fingerprint density at radius 1 is 1.36 bits per heavy atom. The van der Waals surface area contributed by atoms with Crippen LogP contribution >= 0.6 is 0 Å². The van der Waals surface area contributed by atoms with Crippen LogP contribution in [0.1, 0.15) is 22.8 Å². The van der Waals surface area contributed by atoms with E-state index in [2.05, 4.69) is 0 Å². The molecule has 0 radical (unpaired) electrons. The predicted molar refractivity (Wildman–Crippen MR) is 53.3 cm³/mol. The van der Waals surface area contributed by atoms with E-state index in [1.807, 2.05) is 26.0 Å². The van der Waals surface area contributed by atoms with Crippen LogP contribution < -0.4 is 0 Å². The van der Waals surface area contributed by atoms with Gasteiger partial charge < -0.3 is 9.84 Å². The van der Waals surface area contributed by atoms with Gasteiger partial charge in [0, 0.05) is 7.11 Å². The Morgan fingerprint density at radius 3 is 2.43 bits per heavy atom. The molecule has 76 valence electrons. The average molecular weight is 194 g/mol. The second-order valence-electron chi connectivity index (χ2n) is 3.30. The molecule has 0 amide bonds. The molecule has 0 aromatic heterocycles. The van der Waals surface area contributed by atoms with Crippen molar-refractivity contribution < 1.29 is 14.6 Å². The van der Waals surface area contributed by atoms with Crippen molar-refractivity contribution in [2.75, 3.05) is 7.11 Å². The molecule has 0 heterocycles. The monoisotopic (exact) mass is 194 g/mol. The van der Waals surface area contributed by atoms with E-state index >= 15 is 0 Å². The van der Waals surface area contributed by atoms with Crippen LogP contribution in [0, 0.1) is 13.8 Å². The van der Waals surface area contributed by atoms with E-state index in [4.69, 9.17) is 9.84 Å². The molecule has 1 rings (SSSR count). The zero-order chi connectivity index (χ0) is 10.7. The molecular formula is C11H14O3. The lowest BCUT2D eigenvalue weighted by atomic mass is 10.0. The molecule has 0 spiro atoms. The summed E-state index contributed by atoms with van der Waals surface area (Å²) in [7, 11) is 1.40. The highest BCUT2D eigenvalue weighted by Crippen LogP contribution is 2.19. The third-order valence-corrected chi connectivity index (χ3v) is 2.29. The van der Waals surface area contributed by atoms with Crippen LogP contribution in [0.2, 0.25) is 0 Å². The van der Waals surface area contributed by atoms with Gasteiger partial charge in [-0.15, -0.1) is 0 Å². The first-order valence-corrected chi connectivity index (χ1v) is 4.39. The molecule has 1 aromatic rings. The van der Waals surface area contributed by atoms with Gasteiger partial charge in [-0.1, -0.05) is 18.2 Å². The molecule has 1 N–H and O–H groups in total. The molecule has 0 bridgehead atoms. The zero-order valence-corrected chi connectivity index (χ0v) is 8.57. The number of hydrogen-bond donors (Lipinski definition) is 1. The van der Waals surface area contributed by atoms with Gasteiger partial charge >= 0.3 is 5.97 Å². The molecule has 3 heteroatoms. The number of carbonyl (C=O) groups is 1. The maximum absolute atomic E-state index is 10.8. The third kappa shape index (κ3) is 2.12. The Balaban J connectivity index is 3.06. The fraction of sp³-hybridized carbons (Fsp3) is 0.364. The number of methoxy groups -OCH3 is 1. The molecule has 0 aliphatic heterocycles. The Hall–Kier alpha value is -1.35. The van der Waals surface area contributed by atoms with Gasteiger partial charge in [0.15, 0.2) is 6.10 Å². The Labute approximate surface area is 83.3 Å². The highest BCUT2D eigenvalue weighted by atomic mass is 16.5. The molecule has 0 fully saturated rings. The van der Waals surface area contributed by atoms with Crippen molar-refractivity contribution in [1.82, 2.24) is 0 Å². The normalized spacial score (nSPS) is 12.5. The first-order valence-electron chi connectivity index (χ1n) is 4.39. The van der Waals surface area contributed by atoms with Crippen molar-refractivity contribution in [3.8, 4) is 0 Å². The second kappa shape index (κ2) is 4.24. The molecule has 0 aliphatic carbocycles. The smallest absolute Gasteiger partial charge is 0.337 e. The lowest BCUT2D eigenvalue weighted by molar-refractivity contribution is -0.148. The van der Waals surface area contributed by atoms with Crippen molar-refractivity contribution in [3.05, 3.63) is 34.9 Å². The summed E-state index contributed by atoms with van der Waals surface area (Å²) >= 11 is 0. The predicted octanol–water partition coefficient (Wildman–Crippen LogP) is 2.08. The van der Waals surface area contributed by atoms with Crippen LogP contribution in [0.3, 0.4) is 0 Å². The van der Waals surface area contributed by atoms with Crippen LogP contribution in [-0.2, 0) is 9.53 Å². The molecule has 3 nitrogen and oxygen atoms in total. The Kier molecular flexibility index (Phi) is 3.25. The molecule has 1 aromatic carbocycles. The van der Waals surface area contributed by atoms with Crippen LogP contribution in [0.4, 0.5) is 0 Å². The van der Waals surface area contributed by atoms with Crippen LogP contribution in [-0.4, -0.2) is 18.2 Å². The highest BCUT2D eigenvalue weighted by molar-refractivity contribution is 5.74. The van der Waals surface area contributed by atoms with Gasteiger partial charge in [-0.25, -0.2) is 4.79 Å². The maximum Gasteiger partial charge on any atom is 0.337 e. The highest BCUT2D eigenvalue weighted by Gasteiger charge is 2.18. The molecule has 14 heavy (non-hydrogen) atoms. The number of aliphatic carboxylic acids is 1. The van der Waals surface area contributed by atoms with Gasteiger partial charge in [0.25, 0.3) is 0 Å². The lowest BCUT2D eigenvalue weighted by Crippen LogP contribution is -2.13. The van der Waals surface area contributed by atoms with E-state index < -0.39 is 12.1 Å². The summed E-state index contributed by atoms with van der Waals surface area (Å²) in [4.78, 5) is 10.8. The van der Waals surface area contributed by atoms with Gasteiger partial charge in [0.2, 0.25) is 0 Å². The van der Waals surface area contributed by atoms with Gasteiger partial charge in [-0.3, -0.25) is 0 Å². The summed E-state index contributed by atoms with van der Waals surface area (Å²) in [5.41, 5.74) is 2.91. The minimum Gasteiger partial charge on any atom is -0.479 e. The largest absolute Gasteiger partial charge is 0.479 e. The van der Waals surface area contributed by atoms with Crippen LogP contribution in [0.25, 0.3) is 0 Å². The molecule has 0 saturated carbocycles. The molecule has 0 aliphatic rings. The summed E-state index contributed by atoms with van der Waals surface area (Å²) in [6, 6.07) is 5.53. The number of rotatable bonds is 3. The van der Waals surface area contributed by atoms with Crippen molar-refractivity contribution in [1.29, 1.82) is 0 Å².